The molecule has 30 heavy (non-hydrogen) atoms. The van der Waals surface area contributed by atoms with Crippen molar-refractivity contribution in [3.63, 3.8) is 0 Å². The first-order chi connectivity index (χ1) is 14.3. The summed E-state index contributed by atoms with van der Waals surface area (Å²) in [5.41, 5.74) is 2.33. The van der Waals surface area contributed by atoms with Gasteiger partial charge in [-0.2, -0.15) is 18.3 Å². The molecule has 0 unspecified atom stereocenters. The van der Waals surface area contributed by atoms with Gasteiger partial charge in [0.1, 0.15) is 11.3 Å². The van der Waals surface area contributed by atoms with Gasteiger partial charge in [0.2, 0.25) is 0 Å². The van der Waals surface area contributed by atoms with Gasteiger partial charge in [0.05, 0.1) is 17.8 Å². The molecule has 6 nitrogen and oxygen atoms in total. The number of carbonyl (C=O) groups is 1. The Labute approximate surface area is 169 Å². The van der Waals surface area contributed by atoms with Crippen LogP contribution in [0.3, 0.4) is 0 Å². The summed E-state index contributed by atoms with van der Waals surface area (Å²) in [4.78, 5) is 19.1. The number of benzene rings is 1. The molecule has 1 aromatic carbocycles. The van der Waals surface area contributed by atoms with Gasteiger partial charge < -0.3 is 9.30 Å². The summed E-state index contributed by atoms with van der Waals surface area (Å²) in [5.74, 6) is -0.300. The molecular formula is C21H16F3N5O. The van der Waals surface area contributed by atoms with E-state index in [2.05, 4.69) is 10.1 Å². The second kappa shape index (κ2) is 6.45. The Balaban J connectivity index is 1.56. The summed E-state index contributed by atoms with van der Waals surface area (Å²) in [5, 5.41) is 4.40. The van der Waals surface area contributed by atoms with Crippen LogP contribution in [0.15, 0.2) is 61.2 Å². The highest BCUT2D eigenvalue weighted by Crippen LogP contribution is 2.34. The lowest BCUT2D eigenvalue weighted by Crippen LogP contribution is -2.42. The highest BCUT2D eigenvalue weighted by molar-refractivity contribution is 6.09. The number of amides is 1. The summed E-state index contributed by atoms with van der Waals surface area (Å²) in [6, 6.07) is 8.23. The van der Waals surface area contributed by atoms with Crippen LogP contribution >= 0.6 is 0 Å². The Morgan fingerprint density at radius 2 is 1.87 bits per heavy atom. The number of imidazole rings is 1. The van der Waals surface area contributed by atoms with Crippen LogP contribution in [0.25, 0.3) is 16.8 Å². The number of halogens is 3. The predicted octanol–water partition coefficient (Wildman–Crippen LogP) is 4.44. The smallest absolute Gasteiger partial charge is 0.306 e. The van der Waals surface area contributed by atoms with Gasteiger partial charge in [-0.15, -0.1) is 0 Å². The zero-order valence-corrected chi connectivity index (χ0v) is 15.8. The lowest BCUT2D eigenvalue weighted by atomic mass is 10.0. The van der Waals surface area contributed by atoms with Gasteiger partial charge >= 0.3 is 6.18 Å². The predicted molar refractivity (Wildman–Crippen MR) is 104 cm³/mol. The third-order valence-electron chi connectivity index (χ3n) is 5.31. The molecule has 0 aliphatic carbocycles. The maximum Gasteiger partial charge on any atom is 0.416 e. The molecule has 5 rings (SSSR count). The van der Waals surface area contributed by atoms with Crippen molar-refractivity contribution in [2.24, 2.45) is 0 Å². The quantitative estimate of drug-likeness (QED) is 0.490. The molecule has 9 heteroatoms. The summed E-state index contributed by atoms with van der Waals surface area (Å²) < 4.78 is 42.2. The molecule has 0 bridgehead atoms. The monoisotopic (exact) mass is 411 g/mol. The molecule has 0 N–H and O–H groups in total. The minimum absolute atomic E-state index is 0.134. The van der Waals surface area contributed by atoms with Crippen molar-refractivity contribution in [1.82, 2.24) is 19.2 Å². The Bertz CT molecular complexity index is 1260. The normalized spacial score (nSPS) is 16.9. The average molecular weight is 411 g/mol. The molecule has 1 aliphatic heterocycles. The summed E-state index contributed by atoms with van der Waals surface area (Å²) in [6.45, 7) is 2.24. The number of fused-ring (bicyclic) bond motifs is 2. The number of carbonyl (C=O) groups excluding carboxylic acids is 1. The Kier molecular flexibility index (Phi) is 3.96. The largest absolute Gasteiger partial charge is 0.416 e. The molecule has 152 valence electrons. The summed E-state index contributed by atoms with van der Waals surface area (Å²) in [7, 11) is 0. The van der Waals surface area contributed by atoms with Crippen molar-refractivity contribution in [2.75, 3.05) is 11.4 Å². The van der Waals surface area contributed by atoms with Crippen LogP contribution in [-0.2, 0) is 6.18 Å². The molecule has 0 saturated carbocycles. The van der Waals surface area contributed by atoms with Crippen molar-refractivity contribution < 1.29 is 18.0 Å². The zero-order valence-electron chi connectivity index (χ0n) is 15.8. The molecule has 1 amide bonds. The number of anilines is 1. The maximum atomic E-state index is 13.3. The second-order valence-electron chi connectivity index (χ2n) is 7.27. The lowest BCUT2D eigenvalue weighted by molar-refractivity contribution is -0.137. The fraction of sp³-hybridized carbons (Fsp3) is 0.190. The van der Waals surface area contributed by atoms with E-state index in [0.717, 1.165) is 23.3 Å². The molecular weight excluding hydrogens is 395 g/mol. The van der Waals surface area contributed by atoms with Gasteiger partial charge in [-0.3, -0.25) is 9.48 Å². The fourth-order valence-electron chi connectivity index (χ4n) is 3.81. The third kappa shape index (κ3) is 2.85. The molecule has 0 radical (unpaired) electrons. The molecule has 0 fully saturated rings. The summed E-state index contributed by atoms with van der Waals surface area (Å²) >= 11 is 0. The molecule has 0 saturated heterocycles. The highest BCUT2D eigenvalue weighted by Gasteiger charge is 2.35. The Morgan fingerprint density at radius 1 is 1.10 bits per heavy atom. The van der Waals surface area contributed by atoms with E-state index in [-0.39, 0.29) is 11.9 Å². The van der Waals surface area contributed by atoms with E-state index in [9.17, 15) is 18.0 Å². The van der Waals surface area contributed by atoms with Crippen molar-refractivity contribution >= 4 is 17.2 Å². The maximum absolute atomic E-state index is 13.3. The fourth-order valence-corrected chi connectivity index (χ4v) is 3.81. The van der Waals surface area contributed by atoms with Crippen LogP contribution in [0.4, 0.5) is 18.9 Å². The number of aromatic nitrogens is 4. The van der Waals surface area contributed by atoms with Crippen molar-refractivity contribution in [1.29, 1.82) is 0 Å². The van der Waals surface area contributed by atoms with Gasteiger partial charge in [-0.05, 0) is 43.3 Å². The average Bonchev–Trinajstić information content (AvgIpc) is 3.37. The Hall–Kier alpha value is -3.62. The van der Waals surface area contributed by atoms with Crippen molar-refractivity contribution in [3.8, 4) is 11.1 Å². The SMILES string of the molecule is C[C@H]1CN(c2ccc(C(F)(F)F)cc2)C(=O)c2c(-c3ccc4nccn4c3)cnn21. The first-order valence-corrected chi connectivity index (χ1v) is 9.32. The van der Waals surface area contributed by atoms with E-state index in [0.29, 0.717) is 23.5 Å². The number of nitrogens with zero attached hydrogens (tertiary/aromatic N) is 5. The van der Waals surface area contributed by atoms with Crippen LogP contribution in [0, 0.1) is 0 Å². The number of alkyl halides is 3. The van der Waals surface area contributed by atoms with Crippen LogP contribution in [0.5, 0.6) is 0 Å². The highest BCUT2D eigenvalue weighted by atomic mass is 19.4. The van der Waals surface area contributed by atoms with Crippen molar-refractivity contribution in [2.45, 2.75) is 19.1 Å². The van der Waals surface area contributed by atoms with Gasteiger partial charge in [0, 0.05) is 41.9 Å². The van der Waals surface area contributed by atoms with Gasteiger partial charge in [-0.1, -0.05) is 0 Å². The number of hydrogen-bond donors (Lipinski definition) is 0. The Morgan fingerprint density at radius 3 is 2.60 bits per heavy atom. The minimum Gasteiger partial charge on any atom is -0.306 e. The molecule has 4 aromatic rings. The topological polar surface area (TPSA) is 55.4 Å². The standard InChI is InChI=1S/C21H16F3N5O/c1-13-11-28(16-5-3-15(4-6-16)21(22,23)24)20(30)19-17(10-26-29(13)19)14-2-7-18-25-8-9-27(18)12-14/h2-10,12-13H,11H2,1H3/t13-/m0/s1. The van der Waals surface area contributed by atoms with E-state index < -0.39 is 11.7 Å². The lowest BCUT2D eigenvalue weighted by Gasteiger charge is -2.32. The van der Waals surface area contributed by atoms with Gasteiger partial charge in [-0.25, -0.2) is 4.98 Å². The molecule has 0 spiro atoms. The molecule has 1 atom stereocenters. The minimum atomic E-state index is -4.42. The van der Waals surface area contributed by atoms with Crippen LogP contribution in [0.1, 0.15) is 29.0 Å². The third-order valence-corrected chi connectivity index (χ3v) is 5.31. The van der Waals surface area contributed by atoms with E-state index in [1.54, 1.807) is 17.1 Å². The van der Waals surface area contributed by atoms with E-state index in [1.165, 1.54) is 17.0 Å². The van der Waals surface area contributed by atoms with Gasteiger partial charge in [0.25, 0.3) is 5.91 Å². The zero-order chi connectivity index (χ0) is 21.0. The number of pyridine rings is 1. The van der Waals surface area contributed by atoms with Crippen LogP contribution < -0.4 is 4.90 Å². The first-order valence-electron chi connectivity index (χ1n) is 9.32. The summed E-state index contributed by atoms with van der Waals surface area (Å²) in [6.07, 6.45) is 2.60. The van der Waals surface area contributed by atoms with E-state index in [4.69, 9.17) is 0 Å². The number of hydrogen-bond acceptors (Lipinski definition) is 3. The van der Waals surface area contributed by atoms with E-state index >= 15 is 0 Å². The van der Waals surface area contributed by atoms with E-state index in [1.807, 2.05) is 35.9 Å². The second-order valence-corrected chi connectivity index (χ2v) is 7.27. The van der Waals surface area contributed by atoms with Crippen LogP contribution in [0.2, 0.25) is 0 Å². The molecule has 1 aliphatic rings. The van der Waals surface area contributed by atoms with Crippen molar-refractivity contribution in [3.05, 3.63) is 72.4 Å². The van der Waals surface area contributed by atoms with Gasteiger partial charge in [0.15, 0.2) is 0 Å². The first kappa shape index (κ1) is 18.4. The number of rotatable bonds is 2. The molecule has 3 aromatic heterocycles. The molecule has 4 heterocycles. The van der Waals surface area contributed by atoms with Crippen LogP contribution in [-0.4, -0.2) is 31.6 Å².